The summed E-state index contributed by atoms with van der Waals surface area (Å²) in [5.41, 5.74) is 1.02. The standard InChI is InChI=1S/C16H28N4O/c1-18-9-10-19(2)15(12-18)16(21)11-13-7-8-20(17-13)14-5-3-4-6-14/h7-8,14-16,21H,3-6,9-12H2,1-2H3. The summed E-state index contributed by atoms with van der Waals surface area (Å²) in [6.07, 6.45) is 7.55. The van der Waals surface area contributed by atoms with E-state index in [2.05, 4.69) is 40.8 Å². The number of aliphatic hydroxyl groups excluding tert-OH is 1. The fraction of sp³-hybridized carbons (Fsp3) is 0.812. The van der Waals surface area contributed by atoms with E-state index >= 15 is 0 Å². The topological polar surface area (TPSA) is 44.5 Å². The van der Waals surface area contributed by atoms with Crippen LogP contribution in [0.4, 0.5) is 0 Å². The third-order valence-corrected chi connectivity index (χ3v) is 5.12. The quantitative estimate of drug-likeness (QED) is 0.904. The minimum atomic E-state index is -0.343. The van der Waals surface area contributed by atoms with Gasteiger partial charge in [-0.25, -0.2) is 0 Å². The maximum atomic E-state index is 10.6. The number of rotatable bonds is 4. The molecule has 3 rings (SSSR count). The molecule has 2 atom stereocenters. The van der Waals surface area contributed by atoms with E-state index in [4.69, 9.17) is 5.10 Å². The Balaban J connectivity index is 1.60. The average Bonchev–Trinajstić information content (AvgIpc) is 3.11. The fourth-order valence-corrected chi connectivity index (χ4v) is 3.67. The van der Waals surface area contributed by atoms with Gasteiger partial charge >= 0.3 is 0 Å². The molecule has 1 aliphatic heterocycles. The zero-order valence-corrected chi connectivity index (χ0v) is 13.3. The van der Waals surface area contributed by atoms with Crippen molar-refractivity contribution in [1.29, 1.82) is 0 Å². The van der Waals surface area contributed by atoms with E-state index in [1.165, 1.54) is 25.7 Å². The maximum Gasteiger partial charge on any atom is 0.0763 e. The van der Waals surface area contributed by atoms with Crippen LogP contribution in [-0.4, -0.2) is 70.6 Å². The number of hydrogen-bond acceptors (Lipinski definition) is 4. The maximum absolute atomic E-state index is 10.6. The van der Waals surface area contributed by atoms with E-state index in [1.54, 1.807) is 0 Å². The van der Waals surface area contributed by atoms with Crippen LogP contribution in [0.3, 0.4) is 0 Å². The molecule has 0 bridgehead atoms. The zero-order valence-electron chi connectivity index (χ0n) is 13.3. The van der Waals surface area contributed by atoms with Crippen molar-refractivity contribution in [3.05, 3.63) is 18.0 Å². The molecule has 2 aliphatic rings. The number of piperazine rings is 1. The minimum absolute atomic E-state index is 0.209. The predicted molar refractivity (Wildman–Crippen MR) is 83.4 cm³/mol. The van der Waals surface area contributed by atoms with Gasteiger partial charge in [0.15, 0.2) is 0 Å². The van der Waals surface area contributed by atoms with Crippen LogP contribution in [0.2, 0.25) is 0 Å². The van der Waals surface area contributed by atoms with Gasteiger partial charge in [-0.1, -0.05) is 12.8 Å². The Morgan fingerprint density at radius 2 is 2.05 bits per heavy atom. The molecular formula is C16H28N4O. The van der Waals surface area contributed by atoms with Gasteiger partial charge in [0, 0.05) is 38.3 Å². The third-order valence-electron chi connectivity index (χ3n) is 5.12. The highest BCUT2D eigenvalue weighted by atomic mass is 16.3. The van der Waals surface area contributed by atoms with Gasteiger partial charge in [-0.05, 0) is 33.0 Å². The summed E-state index contributed by atoms with van der Waals surface area (Å²) in [7, 11) is 4.24. The second-order valence-corrected chi connectivity index (χ2v) is 6.81. The Hall–Kier alpha value is -0.910. The molecule has 118 valence electrons. The van der Waals surface area contributed by atoms with Gasteiger partial charge in [-0.3, -0.25) is 9.58 Å². The van der Waals surface area contributed by atoms with Crippen molar-refractivity contribution in [1.82, 2.24) is 19.6 Å². The highest BCUT2D eigenvalue weighted by Gasteiger charge is 2.29. The van der Waals surface area contributed by atoms with Crippen LogP contribution < -0.4 is 0 Å². The van der Waals surface area contributed by atoms with Gasteiger partial charge in [-0.15, -0.1) is 0 Å². The van der Waals surface area contributed by atoms with E-state index in [9.17, 15) is 5.11 Å². The highest BCUT2D eigenvalue weighted by Crippen LogP contribution is 2.28. The van der Waals surface area contributed by atoms with Crippen LogP contribution in [0.1, 0.15) is 37.4 Å². The van der Waals surface area contributed by atoms with E-state index < -0.39 is 0 Å². The second-order valence-electron chi connectivity index (χ2n) is 6.81. The van der Waals surface area contributed by atoms with Crippen molar-refractivity contribution < 1.29 is 5.11 Å². The van der Waals surface area contributed by atoms with Crippen molar-refractivity contribution in [2.75, 3.05) is 33.7 Å². The van der Waals surface area contributed by atoms with Gasteiger partial charge in [0.05, 0.1) is 17.8 Å². The molecule has 0 aromatic carbocycles. The molecule has 1 saturated heterocycles. The van der Waals surface area contributed by atoms with Crippen molar-refractivity contribution in [2.24, 2.45) is 0 Å². The molecule has 2 fully saturated rings. The largest absolute Gasteiger partial charge is 0.391 e. The first-order valence-corrected chi connectivity index (χ1v) is 8.24. The van der Waals surface area contributed by atoms with E-state index in [-0.39, 0.29) is 12.1 Å². The summed E-state index contributed by atoms with van der Waals surface area (Å²) in [4.78, 5) is 4.57. The summed E-state index contributed by atoms with van der Waals surface area (Å²) in [6.45, 7) is 3.03. The summed E-state index contributed by atoms with van der Waals surface area (Å²) >= 11 is 0. The molecule has 0 amide bonds. The smallest absolute Gasteiger partial charge is 0.0763 e. The van der Waals surface area contributed by atoms with Gasteiger partial charge < -0.3 is 10.0 Å². The molecule has 1 aromatic rings. The number of nitrogens with zero attached hydrogens (tertiary/aromatic N) is 4. The Labute approximate surface area is 127 Å². The molecule has 21 heavy (non-hydrogen) atoms. The van der Waals surface area contributed by atoms with Gasteiger partial charge in [0.25, 0.3) is 0 Å². The lowest BCUT2D eigenvalue weighted by molar-refractivity contribution is 0.0148. The summed E-state index contributed by atoms with van der Waals surface area (Å²) in [6, 6.07) is 2.87. The molecule has 1 N–H and O–H groups in total. The van der Waals surface area contributed by atoms with Crippen LogP contribution >= 0.6 is 0 Å². The predicted octanol–water partition coefficient (Wildman–Crippen LogP) is 1.15. The summed E-state index contributed by atoms with van der Waals surface area (Å²) in [5, 5.41) is 15.3. The highest BCUT2D eigenvalue weighted by molar-refractivity contribution is 5.03. The van der Waals surface area contributed by atoms with Gasteiger partial charge in [0.2, 0.25) is 0 Å². The third kappa shape index (κ3) is 3.47. The van der Waals surface area contributed by atoms with E-state index in [0.717, 1.165) is 25.3 Å². The first-order chi connectivity index (χ1) is 10.1. The molecule has 0 spiro atoms. The molecular weight excluding hydrogens is 264 g/mol. The Morgan fingerprint density at radius 3 is 2.81 bits per heavy atom. The van der Waals surface area contributed by atoms with Crippen LogP contribution in [-0.2, 0) is 6.42 Å². The molecule has 2 unspecified atom stereocenters. The van der Waals surface area contributed by atoms with Crippen LogP contribution in [0, 0.1) is 0 Å². The van der Waals surface area contributed by atoms with Gasteiger partial charge in [-0.2, -0.15) is 5.10 Å². The lowest BCUT2D eigenvalue weighted by atomic mass is 10.0. The van der Waals surface area contributed by atoms with E-state index in [0.29, 0.717) is 12.5 Å². The van der Waals surface area contributed by atoms with Crippen LogP contribution in [0.5, 0.6) is 0 Å². The van der Waals surface area contributed by atoms with Crippen molar-refractivity contribution in [3.8, 4) is 0 Å². The Kier molecular flexibility index (Phi) is 4.62. The van der Waals surface area contributed by atoms with Crippen molar-refractivity contribution in [2.45, 2.75) is 50.3 Å². The molecule has 2 heterocycles. The lowest BCUT2D eigenvalue weighted by Gasteiger charge is -2.40. The molecule has 5 heteroatoms. The van der Waals surface area contributed by atoms with Crippen molar-refractivity contribution in [3.63, 3.8) is 0 Å². The molecule has 1 saturated carbocycles. The monoisotopic (exact) mass is 292 g/mol. The second kappa shape index (κ2) is 6.46. The van der Waals surface area contributed by atoms with E-state index in [1.807, 2.05) is 0 Å². The molecule has 1 aliphatic carbocycles. The summed E-state index contributed by atoms with van der Waals surface area (Å²) in [5.74, 6) is 0. The Morgan fingerprint density at radius 1 is 1.29 bits per heavy atom. The SMILES string of the molecule is CN1CCN(C)C(C(O)Cc2ccn(C3CCCC3)n2)C1. The average molecular weight is 292 g/mol. The lowest BCUT2D eigenvalue weighted by Crippen LogP contribution is -2.55. The first-order valence-electron chi connectivity index (χ1n) is 8.24. The van der Waals surface area contributed by atoms with Crippen LogP contribution in [0.15, 0.2) is 12.3 Å². The number of aliphatic hydroxyl groups is 1. The number of likely N-dealkylation sites (N-methyl/N-ethyl adjacent to an activating group) is 2. The molecule has 5 nitrogen and oxygen atoms in total. The molecule has 1 aromatic heterocycles. The van der Waals surface area contributed by atoms with Gasteiger partial charge in [0.1, 0.15) is 0 Å². The molecule has 0 radical (unpaired) electrons. The van der Waals surface area contributed by atoms with Crippen molar-refractivity contribution >= 4 is 0 Å². The zero-order chi connectivity index (χ0) is 14.8. The normalized spacial score (nSPS) is 27.3. The number of aromatic nitrogens is 2. The summed E-state index contributed by atoms with van der Waals surface area (Å²) < 4.78 is 2.12. The minimum Gasteiger partial charge on any atom is -0.391 e. The Bertz CT molecular complexity index is 455. The first kappa shape index (κ1) is 15.0. The number of hydrogen-bond donors (Lipinski definition) is 1. The van der Waals surface area contributed by atoms with Crippen LogP contribution in [0.25, 0.3) is 0 Å². The fourth-order valence-electron chi connectivity index (χ4n) is 3.67.